The van der Waals surface area contributed by atoms with Crippen LogP contribution in [0, 0.1) is 21.8 Å². The predicted octanol–water partition coefficient (Wildman–Crippen LogP) is 3.80. The Morgan fingerprint density at radius 2 is 2.30 bits per heavy atom. The fraction of sp³-hybridized carbons (Fsp3) is 0.267. The average Bonchev–Trinajstić information content (AvgIpc) is 2.92. The van der Waals surface area contributed by atoms with Crippen LogP contribution in [-0.2, 0) is 0 Å². The van der Waals surface area contributed by atoms with E-state index in [1.807, 2.05) is 37.4 Å². The minimum absolute atomic E-state index is 0.0194. The van der Waals surface area contributed by atoms with Crippen LogP contribution in [0.15, 0.2) is 22.6 Å². The molecule has 0 spiro atoms. The number of nitriles is 1. The number of benzene rings is 1. The summed E-state index contributed by atoms with van der Waals surface area (Å²) in [5.41, 5.74) is 4.72. The molecular formula is C15H15IN4O2S. The number of hydrogen-bond acceptors (Lipinski definition) is 7. The van der Waals surface area contributed by atoms with Crippen molar-refractivity contribution in [3.05, 3.63) is 32.3 Å². The number of thiazole rings is 1. The van der Waals surface area contributed by atoms with E-state index in [0.29, 0.717) is 18.1 Å². The van der Waals surface area contributed by atoms with Crippen LogP contribution >= 0.6 is 33.9 Å². The van der Waals surface area contributed by atoms with Crippen LogP contribution in [0.2, 0.25) is 0 Å². The van der Waals surface area contributed by atoms with Crippen molar-refractivity contribution in [1.29, 1.82) is 5.26 Å². The van der Waals surface area contributed by atoms with E-state index in [2.05, 4.69) is 38.1 Å². The highest BCUT2D eigenvalue weighted by molar-refractivity contribution is 14.1. The third-order valence-electron chi connectivity index (χ3n) is 2.61. The molecule has 1 N–H and O–H groups in total. The zero-order valence-electron chi connectivity index (χ0n) is 12.7. The summed E-state index contributed by atoms with van der Waals surface area (Å²) >= 11 is 3.65. The molecule has 0 unspecified atom stereocenters. The monoisotopic (exact) mass is 442 g/mol. The summed E-state index contributed by atoms with van der Waals surface area (Å²) in [6, 6.07) is 5.70. The first-order valence-corrected chi connectivity index (χ1v) is 8.77. The molecule has 0 aliphatic heterocycles. The van der Waals surface area contributed by atoms with Crippen molar-refractivity contribution in [3.63, 3.8) is 0 Å². The fourth-order valence-corrected chi connectivity index (χ4v) is 3.16. The van der Waals surface area contributed by atoms with Gasteiger partial charge in [0.05, 0.1) is 22.1 Å². The Kier molecular flexibility index (Phi) is 6.61. The number of hydrogen-bond donors (Lipinski definition) is 1. The first-order chi connectivity index (χ1) is 11.1. The summed E-state index contributed by atoms with van der Waals surface area (Å²) in [6.07, 6.45) is 1.69. The van der Waals surface area contributed by atoms with Crippen molar-refractivity contribution in [2.24, 2.45) is 5.10 Å². The van der Waals surface area contributed by atoms with Gasteiger partial charge in [-0.05, 0) is 54.1 Å². The maximum Gasteiger partial charge on any atom is 0.203 e. The Morgan fingerprint density at radius 3 is 2.96 bits per heavy atom. The quantitative estimate of drug-likeness (QED) is 0.401. The number of aryl methyl sites for hydroxylation is 1. The van der Waals surface area contributed by atoms with E-state index in [1.54, 1.807) is 6.21 Å². The van der Waals surface area contributed by atoms with Gasteiger partial charge in [0.25, 0.3) is 0 Å². The molecule has 2 rings (SSSR count). The fourth-order valence-electron chi connectivity index (χ4n) is 1.74. The van der Waals surface area contributed by atoms with Crippen molar-refractivity contribution in [2.45, 2.75) is 13.8 Å². The van der Waals surface area contributed by atoms with Crippen molar-refractivity contribution in [1.82, 2.24) is 4.98 Å². The van der Waals surface area contributed by atoms with E-state index < -0.39 is 0 Å². The van der Waals surface area contributed by atoms with Crippen molar-refractivity contribution < 1.29 is 9.47 Å². The molecule has 1 aromatic carbocycles. The number of aromatic nitrogens is 1. The number of halogens is 1. The maximum atomic E-state index is 8.67. The zero-order chi connectivity index (χ0) is 16.7. The molecule has 1 heterocycles. The van der Waals surface area contributed by atoms with Crippen molar-refractivity contribution in [3.8, 4) is 17.6 Å². The Labute approximate surface area is 152 Å². The summed E-state index contributed by atoms with van der Waals surface area (Å²) in [5, 5.41) is 15.5. The van der Waals surface area contributed by atoms with E-state index >= 15 is 0 Å². The van der Waals surface area contributed by atoms with Crippen LogP contribution < -0.4 is 14.9 Å². The van der Waals surface area contributed by atoms with E-state index in [0.717, 1.165) is 20.0 Å². The molecule has 6 nitrogen and oxygen atoms in total. The van der Waals surface area contributed by atoms with Gasteiger partial charge in [-0.1, -0.05) is 0 Å². The van der Waals surface area contributed by atoms with Gasteiger partial charge < -0.3 is 9.47 Å². The predicted molar refractivity (Wildman–Crippen MR) is 99.5 cm³/mol. The molecule has 0 bridgehead atoms. The number of nitrogens with one attached hydrogen (secondary N) is 1. The molecule has 0 fully saturated rings. The molecule has 23 heavy (non-hydrogen) atoms. The molecule has 120 valence electrons. The summed E-state index contributed by atoms with van der Waals surface area (Å²) < 4.78 is 11.9. The molecular weight excluding hydrogens is 427 g/mol. The van der Waals surface area contributed by atoms with Crippen LogP contribution in [0.1, 0.15) is 18.2 Å². The SMILES string of the molecule is CCOc1cc(C=NNc2nc(C)cs2)cc(I)c1OCC#N. The van der Waals surface area contributed by atoms with Crippen molar-refractivity contribution >= 4 is 45.3 Å². The molecule has 0 aliphatic rings. The summed E-state index contributed by atoms with van der Waals surface area (Å²) in [5.74, 6) is 1.18. The first-order valence-electron chi connectivity index (χ1n) is 6.81. The lowest BCUT2D eigenvalue weighted by molar-refractivity contribution is 0.297. The molecule has 0 saturated heterocycles. The summed E-state index contributed by atoms with van der Waals surface area (Å²) in [6.45, 7) is 4.32. The summed E-state index contributed by atoms with van der Waals surface area (Å²) in [7, 11) is 0. The maximum absolute atomic E-state index is 8.67. The van der Waals surface area contributed by atoms with Gasteiger partial charge in [0.15, 0.2) is 18.1 Å². The molecule has 1 aromatic heterocycles. The highest BCUT2D eigenvalue weighted by Crippen LogP contribution is 2.33. The van der Waals surface area contributed by atoms with Gasteiger partial charge in [-0.25, -0.2) is 4.98 Å². The number of ether oxygens (including phenoxy) is 2. The zero-order valence-corrected chi connectivity index (χ0v) is 15.6. The van der Waals surface area contributed by atoms with Crippen LogP contribution in [0.25, 0.3) is 0 Å². The normalized spacial score (nSPS) is 10.5. The highest BCUT2D eigenvalue weighted by atomic mass is 127. The first kappa shape index (κ1) is 17.5. The van der Waals surface area contributed by atoms with E-state index in [-0.39, 0.29) is 6.61 Å². The molecule has 8 heteroatoms. The van der Waals surface area contributed by atoms with Gasteiger partial charge in [-0.15, -0.1) is 11.3 Å². The second kappa shape index (κ2) is 8.69. The van der Waals surface area contributed by atoms with E-state index in [4.69, 9.17) is 14.7 Å². The molecule has 0 saturated carbocycles. The minimum Gasteiger partial charge on any atom is -0.490 e. The van der Waals surface area contributed by atoms with Gasteiger partial charge >= 0.3 is 0 Å². The van der Waals surface area contributed by atoms with Crippen LogP contribution in [0.5, 0.6) is 11.5 Å². The smallest absolute Gasteiger partial charge is 0.203 e. The van der Waals surface area contributed by atoms with Gasteiger partial charge in [0.2, 0.25) is 5.13 Å². The van der Waals surface area contributed by atoms with Crippen LogP contribution in [-0.4, -0.2) is 24.4 Å². The lowest BCUT2D eigenvalue weighted by Gasteiger charge is -2.12. The third kappa shape index (κ3) is 5.07. The Morgan fingerprint density at radius 1 is 1.48 bits per heavy atom. The van der Waals surface area contributed by atoms with Gasteiger partial charge in [0.1, 0.15) is 6.07 Å². The second-order valence-corrected chi connectivity index (χ2v) is 6.39. The Hall–Kier alpha value is -1.86. The van der Waals surface area contributed by atoms with E-state index in [9.17, 15) is 0 Å². The van der Waals surface area contributed by atoms with Crippen LogP contribution in [0.3, 0.4) is 0 Å². The molecule has 0 aliphatic carbocycles. The topological polar surface area (TPSA) is 79.5 Å². The minimum atomic E-state index is -0.0194. The second-order valence-electron chi connectivity index (χ2n) is 4.37. The molecule has 2 aromatic rings. The largest absolute Gasteiger partial charge is 0.490 e. The molecule has 0 radical (unpaired) electrons. The van der Waals surface area contributed by atoms with Gasteiger partial charge in [-0.2, -0.15) is 10.4 Å². The third-order valence-corrected chi connectivity index (χ3v) is 4.27. The van der Waals surface area contributed by atoms with E-state index in [1.165, 1.54) is 11.3 Å². The highest BCUT2D eigenvalue weighted by Gasteiger charge is 2.11. The Balaban J connectivity index is 2.16. The number of nitrogens with zero attached hydrogens (tertiary/aromatic N) is 3. The Bertz CT molecular complexity index is 740. The molecule has 0 amide bonds. The lowest BCUT2D eigenvalue weighted by atomic mass is 10.2. The summed E-state index contributed by atoms with van der Waals surface area (Å²) in [4.78, 5) is 4.27. The van der Waals surface area contributed by atoms with Gasteiger partial charge in [-0.3, -0.25) is 5.43 Å². The van der Waals surface area contributed by atoms with Gasteiger partial charge in [0, 0.05) is 5.38 Å². The lowest BCUT2D eigenvalue weighted by Crippen LogP contribution is -2.02. The standard InChI is InChI=1S/C15H15IN4O2S/c1-3-21-13-7-11(6-12(16)14(13)22-5-4-17)8-18-20-15-19-10(2)9-23-15/h6-9H,3,5H2,1-2H3,(H,19,20). The number of hydrazone groups is 1. The average molecular weight is 442 g/mol. The number of anilines is 1. The van der Waals surface area contributed by atoms with Crippen molar-refractivity contribution in [2.75, 3.05) is 18.6 Å². The number of rotatable bonds is 7. The molecule has 0 atom stereocenters. The van der Waals surface area contributed by atoms with Crippen LogP contribution in [0.4, 0.5) is 5.13 Å².